The zero-order valence-corrected chi connectivity index (χ0v) is 13.8. The third-order valence-corrected chi connectivity index (χ3v) is 4.29. The Hall–Kier alpha value is -0.860. The van der Waals surface area contributed by atoms with E-state index in [0.717, 1.165) is 39.0 Å². The molecule has 1 unspecified atom stereocenters. The molecule has 1 aliphatic carbocycles. The predicted molar refractivity (Wildman–Crippen MR) is 90.0 cm³/mol. The summed E-state index contributed by atoms with van der Waals surface area (Å²) >= 11 is 0. The zero-order valence-electron chi connectivity index (χ0n) is 13.8. The third-order valence-electron chi connectivity index (χ3n) is 4.29. The van der Waals surface area contributed by atoms with Crippen LogP contribution in [0.5, 0.6) is 0 Å². The molecule has 1 atom stereocenters. The van der Waals surface area contributed by atoms with Gasteiger partial charge in [0.2, 0.25) is 0 Å². The highest BCUT2D eigenvalue weighted by molar-refractivity contribution is 5.35. The second-order valence-corrected chi connectivity index (χ2v) is 6.21. The Balaban J connectivity index is 1.87. The topological polar surface area (TPSA) is 21.3 Å². The van der Waals surface area contributed by atoms with Gasteiger partial charge in [-0.15, -0.1) is 0 Å². The van der Waals surface area contributed by atoms with Crippen molar-refractivity contribution in [3.63, 3.8) is 0 Å². The highest BCUT2D eigenvalue weighted by Gasteiger charge is 2.13. The van der Waals surface area contributed by atoms with Gasteiger partial charge in [0.25, 0.3) is 0 Å². The number of hydrogen-bond donors (Lipinski definition) is 1. The SMILES string of the molecule is CCCNC(CCOCCC)Cc1ccc2c(c1)CCC2. The van der Waals surface area contributed by atoms with E-state index in [2.05, 4.69) is 37.4 Å². The summed E-state index contributed by atoms with van der Waals surface area (Å²) in [5.74, 6) is 0. The molecule has 0 aliphatic heterocycles. The lowest BCUT2D eigenvalue weighted by Crippen LogP contribution is -2.33. The Morgan fingerprint density at radius 3 is 2.76 bits per heavy atom. The van der Waals surface area contributed by atoms with Gasteiger partial charge in [0, 0.05) is 19.3 Å². The monoisotopic (exact) mass is 289 g/mol. The molecule has 0 spiro atoms. The number of benzene rings is 1. The Labute approximate surface area is 130 Å². The molecule has 1 aromatic carbocycles. The van der Waals surface area contributed by atoms with Gasteiger partial charge in [-0.2, -0.15) is 0 Å². The van der Waals surface area contributed by atoms with Crippen LogP contribution in [-0.4, -0.2) is 25.8 Å². The minimum atomic E-state index is 0.543. The lowest BCUT2D eigenvalue weighted by molar-refractivity contribution is 0.124. The first-order chi connectivity index (χ1) is 10.3. The van der Waals surface area contributed by atoms with Crippen LogP contribution in [0.15, 0.2) is 18.2 Å². The minimum absolute atomic E-state index is 0.543. The first-order valence-corrected chi connectivity index (χ1v) is 8.75. The molecule has 0 heterocycles. The summed E-state index contributed by atoms with van der Waals surface area (Å²) in [4.78, 5) is 0. The fraction of sp³-hybridized carbons (Fsp3) is 0.684. The summed E-state index contributed by atoms with van der Waals surface area (Å²) in [6, 6.07) is 7.66. The molecule has 118 valence electrons. The highest BCUT2D eigenvalue weighted by atomic mass is 16.5. The van der Waals surface area contributed by atoms with E-state index < -0.39 is 0 Å². The maximum atomic E-state index is 5.66. The van der Waals surface area contributed by atoms with Crippen LogP contribution in [0.4, 0.5) is 0 Å². The maximum Gasteiger partial charge on any atom is 0.0480 e. The lowest BCUT2D eigenvalue weighted by atomic mass is 9.99. The minimum Gasteiger partial charge on any atom is -0.381 e. The molecule has 0 radical (unpaired) electrons. The molecule has 2 heteroatoms. The van der Waals surface area contributed by atoms with Crippen molar-refractivity contribution in [3.8, 4) is 0 Å². The van der Waals surface area contributed by atoms with Crippen LogP contribution in [0, 0.1) is 0 Å². The van der Waals surface area contributed by atoms with Crippen molar-refractivity contribution in [2.45, 2.75) is 64.8 Å². The average Bonchev–Trinajstić information content (AvgIpc) is 2.96. The zero-order chi connectivity index (χ0) is 14.9. The van der Waals surface area contributed by atoms with E-state index in [4.69, 9.17) is 4.74 Å². The fourth-order valence-corrected chi connectivity index (χ4v) is 3.13. The second kappa shape index (κ2) is 9.22. The summed E-state index contributed by atoms with van der Waals surface area (Å²) in [6.07, 6.45) is 8.42. The van der Waals surface area contributed by atoms with Gasteiger partial charge in [-0.05, 0) is 68.2 Å². The first-order valence-electron chi connectivity index (χ1n) is 8.75. The van der Waals surface area contributed by atoms with Crippen LogP contribution in [0.3, 0.4) is 0 Å². The summed E-state index contributed by atoms with van der Waals surface area (Å²) in [5, 5.41) is 3.68. The fourth-order valence-electron chi connectivity index (χ4n) is 3.13. The molecule has 1 N–H and O–H groups in total. The van der Waals surface area contributed by atoms with Crippen molar-refractivity contribution in [2.24, 2.45) is 0 Å². The molecule has 0 amide bonds. The standard InChI is InChI=1S/C19H31NO/c1-3-11-20-19(10-13-21-12-4-2)15-16-8-9-17-6-5-7-18(17)14-16/h8-9,14,19-20H,3-7,10-13,15H2,1-2H3. The molecular formula is C19H31NO. The van der Waals surface area contributed by atoms with Gasteiger partial charge >= 0.3 is 0 Å². The molecule has 2 nitrogen and oxygen atoms in total. The van der Waals surface area contributed by atoms with Crippen LogP contribution >= 0.6 is 0 Å². The van der Waals surface area contributed by atoms with Gasteiger partial charge in [0.15, 0.2) is 0 Å². The largest absolute Gasteiger partial charge is 0.381 e. The Kier molecular flexibility index (Phi) is 7.25. The molecule has 0 bridgehead atoms. The van der Waals surface area contributed by atoms with Gasteiger partial charge in [0.1, 0.15) is 0 Å². The van der Waals surface area contributed by atoms with E-state index in [0.29, 0.717) is 6.04 Å². The Bertz CT molecular complexity index is 416. The smallest absolute Gasteiger partial charge is 0.0480 e. The number of hydrogen-bond acceptors (Lipinski definition) is 2. The van der Waals surface area contributed by atoms with Gasteiger partial charge in [-0.1, -0.05) is 32.0 Å². The van der Waals surface area contributed by atoms with Crippen LogP contribution in [0.1, 0.15) is 56.2 Å². The van der Waals surface area contributed by atoms with Gasteiger partial charge in [-0.3, -0.25) is 0 Å². The number of rotatable bonds is 10. The van der Waals surface area contributed by atoms with Crippen LogP contribution in [0.2, 0.25) is 0 Å². The molecule has 21 heavy (non-hydrogen) atoms. The van der Waals surface area contributed by atoms with Crippen molar-refractivity contribution in [1.82, 2.24) is 5.32 Å². The van der Waals surface area contributed by atoms with E-state index >= 15 is 0 Å². The summed E-state index contributed by atoms with van der Waals surface area (Å²) in [6.45, 7) is 7.26. The van der Waals surface area contributed by atoms with E-state index in [1.54, 1.807) is 11.1 Å². The van der Waals surface area contributed by atoms with E-state index in [1.165, 1.54) is 31.2 Å². The van der Waals surface area contributed by atoms with Crippen LogP contribution in [-0.2, 0) is 24.0 Å². The number of aryl methyl sites for hydroxylation is 2. The molecule has 0 fully saturated rings. The van der Waals surface area contributed by atoms with Crippen molar-refractivity contribution in [1.29, 1.82) is 0 Å². The second-order valence-electron chi connectivity index (χ2n) is 6.21. The van der Waals surface area contributed by atoms with E-state index in [-0.39, 0.29) is 0 Å². The van der Waals surface area contributed by atoms with Gasteiger partial charge in [-0.25, -0.2) is 0 Å². The van der Waals surface area contributed by atoms with Crippen molar-refractivity contribution < 1.29 is 4.74 Å². The predicted octanol–water partition coefficient (Wildman–Crippen LogP) is 3.90. The number of fused-ring (bicyclic) bond motifs is 1. The molecule has 0 saturated heterocycles. The number of nitrogens with one attached hydrogen (secondary N) is 1. The van der Waals surface area contributed by atoms with E-state index in [9.17, 15) is 0 Å². The molecular weight excluding hydrogens is 258 g/mol. The number of ether oxygens (including phenoxy) is 1. The summed E-state index contributed by atoms with van der Waals surface area (Å²) < 4.78 is 5.66. The Morgan fingerprint density at radius 2 is 1.95 bits per heavy atom. The third kappa shape index (κ3) is 5.44. The van der Waals surface area contributed by atoms with Gasteiger partial charge < -0.3 is 10.1 Å². The normalized spacial score (nSPS) is 15.1. The van der Waals surface area contributed by atoms with Crippen molar-refractivity contribution in [2.75, 3.05) is 19.8 Å². The molecule has 0 aromatic heterocycles. The average molecular weight is 289 g/mol. The van der Waals surface area contributed by atoms with Gasteiger partial charge in [0.05, 0.1) is 0 Å². The molecule has 1 aliphatic rings. The lowest BCUT2D eigenvalue weighted by Gasteiger charge is -2.19. The summed E-state index contributed by atoms with van der Waals surface area (Å²) in [7, 11) is 0. The Morgan fingerprint density at radius 1 is 1.10 bits per heavy atom. The van der Waals surface area contributed by atoms with Crippen molar-refractivity contribution >= 4 is 0 Å². The maximum absolute atomic E-state index is 5.66. The highest BCUT2D eigenvalue weighted by Crippen LogP contribution is 2.23. The molecule has 0 saturated carbocycles. The van der Waals surface area contributed by atoms with Crippen molar-refractivity contribution in [3.05, 3.63) is 34.9 Å². The molecule has 1 aromatic rings. The van der Waals surface area contributed by atoms with Crippen LogP contribution in [0.25, 0.3) is 0 Å². The van der Waals surface area contributed by atoms with E-state index in [1.807, 2.05) is 0 Å². The van der Waals surface area contributed by atoms with Crippen LogP contribution < -0.4 is 5.32 Å². The quantitative estimate of drug-likeness (QED) is 0.660. The first kappa shape index (κ1) is 16.5. The molecule has 2 rings (SSSR count). The summed E-state index contributed by atoms with van der Waals surface area (Å²) in [5.41, 5.74) is 4.65.